The Morgan fingerprint density at radius 3 is 2.51 bits per heavy atom. The number of methoxy groups -OCH3 is 3. The van der Waals surface area contributed by atoms with Gasteiger partial charge in [0.1, 0.15) is 23.3 Å². The monoisotopic (exact) mass is 509 g/mol. The smallest absolute Gasteiger partial charge is 0.323 e. The van der Waals surface area contributed by atoms with E-state index in [-0.39, 0.29) is 24.5 Å². The zero-order valence-electron chi connectivity index (χ0n) is 21.9. The second kappa shape index (κ2) is 12.1. The Labute approximate surface area is 217 Å². The fraction of sp³-hybridized carbons (Fsp3) is 0.464. The Kier molecular flexibility index (Phi) is 8.66. The maximum absolute atomic E-state index is 13.8. The molecule has 1 fully saturated rings. The second-order valence-electron chi connectivity index (χ2n) is 9.05. The molecule has 0 spiro atoms. The van der Waals surface area contributed by atoms with Gasteiger partial charge in [0.05, 0.1) is 46.2 Å². The average molecular weight is 510 g/mol. The van der Waals surface area contributed by atoms with Gasteiger partial charge in [-0.2, -0.15) is 5.10 Å². The first kappa shape index (κ1) is 26.5. The SMILES string of the molecule is CCOC(=O)C1CCCCN1CC(=O)N1N=C(c2ccccc2OC)CC1c1ccc(OC)cc1OC. The van der Waals surface area contributed by atoms with Crippen LogP contribution in [0.2, 0.25) is 0 Å². The third-order valence-corrected chi connectivity index (χ3v) is 6.89. The summed E-state index contributed by atoms with van der Waals surface area (Å²) in [6, 6.07) is 12.4. The predicted octanol–water partition coefficient (Wildman–Crippen LogP) is 3.81. The highest BCUT2D eigenvalue weighted by molar-refractivity contribution is 6.05. The van der Waals surface area contributed by atoms with Crippen molar-refractivity contribution in [3.05, 3.63) is 53.6 Å². The Hall–Kier alpha value is -3.59. The van der Waals surface area contributed by atoms with Gasteiger partial charge in [-0.1, -0.05) is 18.6 Å². The summed E-state index contributed by atoms with van der Waals surface area (Å²) in [4.78, 5) is 28.3. The van der Waals surface area contributed by atoms with Gasteiger partial charge in [-0.25, -0.2) is 5.01 Å². The Morgan fingerprint density at radius 2 is 1.78 bits per heavy atom. The molecule has 2 aliphatic rings. The van der Waals surface area contributed by atoms with Crippen LogP contribution in [0, 0.1) is 0 Å². The van der Waals surface area contributed by atoms with Gasteiger partial charge in [-0.15, -0.1) is 0 Å². The first-order valence-electron chi connectivity index (χ1n) is 12.7. The van der Waals surface area contributed by atoms with Crippen LogP contribution in [0.5, 0.6) is 17.2 Å². The van der Waals surface area contributed by atoms with E-state index < -0.39 is 6.04 Å². The number of carbonyl (C=O) groups excluding carboxylic acids is 2. The van der Waals surface area contributed by atoms with Gasteiger partial charge in [-0.05, 0) is 50.6 Å². The van der Waals surface area contributed by atoms with Gasteiger partial charge in [0.15, 0.2) is 0 Å². The molecule has 1 amide bonds. The summed E-state index contributed by atoms with van der Waals surface area (Å²) in [7, 11) is 4.81. The van der Waals surface area contributed by atoms with Crippen LogP contribution in [0.3, 0.4) is 0 Å². The van der Waals surface area contributed by atoms with E-state index in [4.69, 9.17) is 24.0 Å². The van der Waals surface area contributed by atoms with Crippen molar-refractivity contribution in [1.82, 2.24) is 9.91 Å². The number of hydrogen-bond acceptors (Lipinski definition) is 8. The molecule has 37 heavy (non-hydrogen) atoms. The fourth-order valence-electron chi connectivity index (χ4n) is 5.05. The van der Waals surface area contributed by atoms with Crippen molar-refractivity contribution in [2.24, 2.45) is 5.10 Å². The molecule has 0 radical (unpaired) electrons. The summed E-state index contributed by atoms with van der Waals surface area (Å²) in [5.74, 6) is 1.50. The molecule has 198 valence electrons. The highest BCUT2D eigenvalue weighted by Crippen LogP contribution is 2.40. The molecule has 2 aromatic rings. The quantitative estimate of drug-likeness (QED) is 0.475. The standard InChI is InChI=1S/C28H35N3O6/c1-5-37-28(33)23-11-8-9-15-30(23)18-27(32)31-24(21-14-13-19(34-2)16-26(21)36-4)17-22(29-31)20-10-6-7-12-25(20)35-3/h6-7,10,12-14,16,23-24H,5,8-9,11,15,17-18H2,1-4H3. The van der Waals surface area contributed by atoms with Crippen LogP contribution in [0.1, 0.15) is 49.8 Å². The normalized spacial score (nSPS) is 19.8. The zero-order chi connectivity index (χ0) is 26.4. The second-order valence-corrected chi connectivity index (χ2v) is 9.05. The van der Waals surface area contributed by atoms with E-state index in [9.17, 15) is 9.59 Å². The minimum absolute atomic E-state index is 0.0706. The summed E-state index contributed by atoms with van der Waals surface area (Å²) in [6.45, 7) is 2.83. The van der Waals surface area contributed by atoms with Gasteiger partial charge < -0.3 is 18.9 Å². The molecule has 2 unspecified atom stereocenters. The van der Waals surface area contributed by atoms with Crippen molar-refractivity contribution < 1.29 is 28.5 Å². The number of amides is 1. The fourth-order valence-corrected chi connectivity index (χ4v) is 5.05. The number of carbonyl (C=O) groups is 2. The molecule has 0 N–H and O–H groups in total. The lowest BCUT2D eigenvalue weighted by atomic mass is 9.97. The molecule has 2 aliphatic heterocycles. The van der Waals surface area contributed by atoms with Gasteiger partial charge in [-0.3, -0.25) is 14.5 Å². The van der Waals surface area contributed by atoms with E-state index in [2.05, 4.69) is 0 Å². The maximum Gasteiger partial charge on any atom is 0.323 e. The molecule has 0 aliphatic carbocycles. The van der Waals surface area contributed by atoms with Crippen LogP contribution in [0.4, 0.5) is 0 Å². The van der Waals surface area contributed by atoms with Crippen molar-refractivity contribution in [1.29, 1.82) is 0 Å². The third-order valence-electron chi connectivity index (χ3n) is 6.89. The molecule has 2 heterocycles. The van der Waals surface area contributed by atoms with E-state index in [1.54, 1.807) is 34.3 Å². The van der Waals surface area contributed by atoms with E-state index in [1.165, 1.54) is 5.01 Å². The summed E-state index contributed by atoms with van der Waals surface area (Å²) >= 11 is 0. The van der Waals surface area contributed by atoms with Gasteiger partial charge in [0.25, 0.3) is 5.91 Å². The lowest BCUT2D eigenvalue weighted by molar-refractivity contribution is -0.152. The van der Waals surface area contributed by atoms with Gasteiger partial charge in [0, 0.05) is 23.6 Å². The highest BCUT2D eigenvalue weighted by Gasteiger charge is 2.38. The number of ether oxygens (including phenoxy) is 4. The topological polar surface area (TPSA) is 89.9 Å². The lowest BCUT2D eigenvalue weighted by Crippen LogP contribution is -2.49. The number of rotatable bonds is 9. The predicted molar refractivity (Wildman–Crippen MR) is 139 cm³/mol. The summed E-state index contributed by atoms with van der Waals surface area (Å²) < 4.78 is 21.9. The summed E-state index contributed by atoms with van der Waals surface area (Å²) in [6.07, 6.45) is 3.02. The molecule has 9 nitrogen and oxygen atoms in total. The minimum atomic E-state index is -0.424. The first-order chi connectivity index (χ1) is 18.0. The maximum atomic E-state index is 13.8. The van der Waals surface area contributed by atoms with Crippen molar-refractivity contribution in [3.8, 4) is 17.2 Å². The van der Waals surface area contributed by atoms with Crippen LogP contribution >= 0.6 is 0 Å². The molecule has 2 aromatic carbocycles. The number of benzene rings is 2. The van der Waals surface area contributed by atoms with Crippen molar-refractivity contribution in [2.45, 2.75) is 44.7 Å². The third kappa shape index (κ3) is 5.72. The van der Waals surface area contributed by atoms with Crippen LogP contribution in [-0.2, 0) is 14.3 Å². The number of hydrazone groups is 1. The zero-order valence-corrected chi connectivity index (χ0v) is 21.9. The minimum Gasteiger partial charge on any atom is -0.497 e. The largest absolute Gasteiger partial charge is 0.497 e. The van der Waals surface area contributed by atoms with Crippen molar-refractivity contribution >= 4 is 17.6 Å². The van der Waals surface area contributed by atoms with E-state index in [0.717, 1.165) is 29.7 Å². The van der Waals surface area contributed by atoms with Gasteiger partial charge in [0.2, 0.25) is 0 Å². The van der Waals surface area contributed by atoms with Gasteiger partial charge >= 0.3 is 5.97 Å². The summed E-state index contributed by atoms with van der Waals surface area (Å²) in [5.41, 5.74) is 2.40. The van der Waals surface area contributed by atoms with Crippen molar-refractivity contribution in [2.75, 3.05) is 41.0 Å². The number of hydrogen-bond donors (Lipinski definition) is 0. The van der Waals surface area contributed by atoms with Crippen LogP contribution in [-0.4, -0.2) is 74.6 Å². The van der Waals surface area contributed by atoms with Crippen molar-refractivity contribution in [3.63, 3.8) is 0 Å². The average Bonchev–Trinajstić information content (AvgIpc) is 3.38. The molecule has 0 saturated carbocycles. The molecule has 0 aromatic heterocycles. The molecule has 0 bridgehead atoms. The molecule has 1 saturated heterocycles. The molecular formula is C28H35N3O6. The number of para-hydroxylation sites is 1. The summed E-state index contributed by atoms with van der Waals surface area (Å²) in [5, 5.41) is 6.34. The molecule has 9 heteroatoms. The Morgan fingerprint density at radius 1 is 1.00 bits per heavy atom. The lowest BCUT2D eigenvalue weighted by Gasteiger charge is -2.34. The Balaban J connectivity index is 1.68. The van der Waals surface area contributed by atoms with Crippen LogP contribution < -0.4 is 14.2 Å². The number of esters is 1. The van der Waals surface area contributed by atoms with E-state index in [1.807, 2.05) is 41.3 Å². The highest BCUT2D eigenvalue weighted by atomic mass is 16.5. The first-order valence-corrected chi connectivity index (χ1v) is 12.7. The number of piperidine rings is 1. The molecule has 2 atom stereocenters. The molecule has 4 rings (SSSR count). The van der Waals surface area contributed by atoms with E-state index in [0.29, 0.717) is 43.2 Å². The van der Waals surface area contributed by atoms with Crippen LogP contribution in [0.25, 0.3) is 0 Å². The number of likely N-dealkylation sites (tertiary alicyclic amines) is 1. The number of nitrogens with zero attached hydrogens (tertiary/aromatic N) is 3. The Bertz CT molecular complexity index is 1150. The van der Waals surface area contributed by atoms with E-state index >= 15 is 0 Å². The molecular weight excluding hydrogens is 474 g/mol. The van der Waals surface area contributed by atoms with Crippen LogP contribution in [0.15, 0.2) is 47.6 Å².